The number of rotatable bonds is 2. The first-order valence-electron chi connectivity index (χ1n) is 6.88. The molecule has 0 amide bonds. The Morgan fingerprint density at radius 2 is 1.81 bits per heavy atom. The Labute approximate surface area is 123 Å². The lowest BCUT2D eigenvalue weighted by atomic mass is 9.82. The lowest BCUT2D eigenvalue weighted by molar-refractivity contribution is 0.0555. The third kappa shape index (κ3) is 2.07. The summed E-state index contributed by atoms with van der Waals surface area (Å²) in [5.74, 6) is -1.01. The second kappa shape index (κ2) is 5.20. The van der Waals surface area contributed by atoms with E-state index in [-0.39, 0.29) is 5.56 Å². The van der Waals surface area contributed by atoms with Crippen molar-refractivity contribution < 1.29 is 19.1 Å². The zero-order chi connectivity index (χ0) is 15.0. The Balaban J connectivity index is 2.27. The highest BCUT2D eigenvalue weighted by atomic mass is 16.5. The van der Waals surface area contributed by atoms with Gasteiger partial charge in [-0.05, 0) is 47.6 Å². The van der Waals surface area contributed by atoms with Crippen LogP contribution in [0.5, 0.6) is 0 Å². The highest BCUT2D eigenvalue weighted by molar-refractivity contribution is 6.07. The monoisotopic (exact) mass is 284 g/mol. The van der Waals surface area contributed by atoms with Gasteiger partial charge in [-0.1, -0.05) is 18.2 Å². The summed E-state index contributed by atoms with van der Waals surface area (Å²) >= 11 is 0. The Bertz CT molecular complexity index is 695. The number of fused-ring (bicyclic) bond motifs is 2. The average Bonchev–Trinajstić information content (AvgIpc) is 3.00. The zero-order valence-electron chi connectivity index (χ0n) is 12.1. The maximum Gasteiger partial charge on any atom is 0.339 e. The summed E-state index contributed by atoms with van der Waals surface area (Å²) in [6.45, 7) is 0. The van der Waals surface area contributed by atoms with Crippen LogP contribution in [-0.2, 0) is 15.9 Å². The Kier molecular flexibility index (Phi) is 3.37. The lowest BCUT2D eigenvalue weighted by Crippen LogP contribution is -2.17. The SMILES string of the molecule is COC(=O)c1ccc2c(c1C(=O)OC)C1=C(C=CC1)CC2. The number of carbonyl (C=O) groups excluding carboxylic acids is 2. The molecule has 0 saturated carbocycles. The maximum atomic E-state index is 12.2. The van der Waals surface area contributed by atoms with E-state index in [9.17, 15) is 9.59 Å². The normalized spacial score (nSPS) is 15.5. The first-order valence-corrected chi connectivity index (χ1v) is 6.88. The number of aryl methyl sites for hydroxylation is 1. The van der Waals surface area contributed by atoms with Crippen LogP contribution < -0.4 is 0 Å². The Hall–Kier alpha value is -2.36. The van der Waals surface area contributed by atoms with Gasteiger partial charge in [0.25, 0.3) is 0 Å². The van der Waals surface area contributed by atoms with E-state index in [1.807, 2.05) is 6.07 Å². The fraction of sp³-hybridized carbons (Fsp3) is 0.294. The van der Waals surface area contributed by atoms with E-state index in [0.29, 0.717) is 5.56 Å². The van der Waals surface area contributed by atoms with Gasteiger partial charge in [-0.2, -0.15) is 0 Å². The van der Waals surface area contributed by atoms with Crippen LogP contribution >= 0.6 is 0 Å². The minimum absolute atomic E-state index is 0.267. The molecule has 0 atom stereocenters. The summed E-state index contributed by atoms with van der Waals surface area (Å²) in [5.41, 5.74) is 4.92. The molecular formula is C17H16O4. The highest BCUT2D eigenvalue weighted by Crippen LogP contribution is 2.41. The van der Waals surface area contributed by atoms with Crippen LogP contribution in [0.3, 0.4) is 0 Å². The quantitative estimate of drug-likeness (QED) is 0.784. The van der Waals surface area contributed by atoms with Gasteiger partial charge in [-0.15, -0.1) is 0 Å². The summed E-state index contributed by atoms with van der Waals surface area (Å²) in [4.78, 5) is 24.2. The number of esters is 2. The van der Waals surface area contributed by atoms with Gasteiger partial charge in [-0.25, -0.2) is 9.59 Å². The molecule has 21 heavy (non-hydrogen) atoms. The molecule has 0 heterocycles. The molecule has 4 heteroatoms. The summed E-state index contributed by atoms with van der Waals surface area (Å²) < 4.78 is 9.69. The number of allylic oxidation sites excluding steroid dienone is 4. The van der Waals surface area contributed by atoms with Crippen LogP contribution in [-0.4, -0.2) is 26.2 Å². The van der Waals surface area contributed by atoms with Crippen molar-refractivity contribution in [3.63, 3.8) is 0 Å². The molecule has 0 spiro atoms. The van der Waals surface area contributed by atoms with Crippen LogP contribution in [0.2, 0.25) is 0 Å². The molecule has 0 aliphatic heterocycles. The van der Waals surface area contributed by atoms with E-state index in [1.165, 1.54) is 19.8 Å². The predicted octanol–water partition coefficient (Wildman–Crippen LogP) is 2.92. The fourth-order valence-corrected chi connectivity index (χ4v) is 3.11. The second-order valence-corrected chi connectivity index (χ2v) is 5.12. The number of methoxy groups -OCH3 is 2. The molecular weight excluding hydrogens is 268 g/mol. The summed E-state index contributed by atoms with van der Waals surface area (Å²) in [6.07, 6.45) is 6.81. The highest BCUT2D eigenvalue weighted by Gasteiger charge is 2.30. The minimum atomic E-state index is -0.517. The molecule has 0 radical (unpaired) electrons. The zero-order valence-corrected chi connectivity index (χ0v) is 12.1. The standard InChI is InChI=1S/C17H16O4/c1-20-16(18)13-9-8-11-7-6-10-4-3-5-12(10)14(11)15(13)17(19)21-2/h3-4,8-9H,5-7H2,1-2H3. The number of benzene rings is 1. The number of carbonyl (C=O) groups is 2. The summed E-state index contributed by atoms with van der Waals surface area (Å²) in [6, 6.07) is 3.57. The van der Waals surface area contributed by atoms with Crippen molar-refractivity contribution in [3.05, 3.63) is 52.1 Å². The maximum absolute atomic E-state index is 12.2. The average molecular weight is 284 g/mol. The van der Waals surface area contributed by atoms with E-state index in [0.717, 1.165) is 36.0 Å². The van der Waals surface area contributed by atoms with Gasteiger partial charge in [0.05, 0.1) is 25.3 Å². The van der Waals surface area contributed by atoms with Crippen molar-refractivity contribution in [1.82, 2.24) is 0 Å². The van der Waals surface area contributed by atoms with E-state index in [1.54, 1.807) is 6.07 Å². The first kappa shape index (κ1) is 13.6. The molecule has 1 aromatic carbocycles. The lowest BCUT2D eigenvalue weighted by Gasteiger charge is -2.22. The van der Waals surface area contributed by atoms with Crippen molar-refractivity contribution >= 4 is 17.5 Å². The van der Waals surface area contributed by atoms with Crippen LogP contribution in [0, 0.1) is 0 Å². The van der Waals surface area contributed by atoms with Crippen LogP contribution in [0.25, 0.3) is 5.57 Å². The number of hydrogen-bond acceptors (Lipinski definition) is 4. The topological polar surface area (TPSA) is 52.6 Å². The van der Waals surface area contributed by atoms with Crippen molar-refractivity contribution in [2.45, 2.75) is 19.3 Å². The third-order valence-electron chi connectivity index (χ3n) is 4.08. The molecule has 3 rings (SSSR count). The van der Waals surface area contributed by atoms with Crippen LogP contribution in [0.15, 0.2) is 29.9 Å². The third-order valence-corrected chi connectivity index (χ3v) is 4.08. The smallest absolute Gasteiger partial charge is 0.339 e. The van der Waals surface area contributed by atoms with Crippen LogP contribution in [0.4, 0.5) is 0 Å². The second-order valence-electron chi connectivity index (χ2n) is 5.12. The minimum Gasteiger partial charge on any atom is -0.465 e. The fourth-order valence-electron chi connectivity index (χ4n) is 3.11. The van der Waals surface area contributed by atoms with E-state index >= 15 is 0 Å². The number of hydrogen-bond donors (Lipinski definition) is 0. The number of ether oxygens (including phenoxy) is 2. The van der Waals surface area contributed by atoms with Gasteiger partial charge < -0.3 is 9.47 Å². The van der Waals surface area contributed by atoms with Crippen molar-refractivity contribution in [3.8, 4) is 0 Å². The predicted molar refractivity (Wildman–Crippen MR) is 78.1 cm³/mol. The van der Waals surface area contributed by atoms with Crippen molar-refractivity contribution in [2.24, 2.45) is 0 Å². The molecule has 2 aliphatic carbocycles. The Morgan fingerprint density at radius 3 is 2.52 bits per heavy atom. The molecule has 0 aromatic heterocycles. The summed E-state index contributed by atoms with van der Waals surface area (Å²) in [7, 11) is 2.64. The van der Waals surface area contributed by atoms with E-state index < -0.39 is 11.9 Å². The largest absolute Gasteiger partial charge is 0.465 e. The first-order chi connectivity index (χ1) is 10.2. The molecule has 0 saturated heterocycles. The molecule has 1 aromatic rings. The molecule has 0 fully saturated rings. The summed E-state index contributed by atoms with van der Waals surface area (Å²) in [5, 5.41) is 0. The van der Waals surface area contributed by atoms with E-state index in [2.05, 4.69) is 12.2 Å². The molecule has 0 unspecified atom stereocenters. The van der Waals surface area contributed by atoms with Gasteiger partial charge in [0, 0.05) is 0 Å². The molecule has 0 N–H and O–H groups in total. The van der Waals surface area contributed by atoms with E-state index in [4.69, 9.17) is 9.47 Å². The van der Waals surface area contributed by atoms with Gasteiger partial charge in [0.1, 0.15) is 0 Å². The molecule has 4 nitrogen and oxygen atoms in total. The van der Waals surface area contributed by atoms with Crippen molar-refractivity contribution in [1.29, 1.82) is 0 Å². The van der Waals surface area contributed by atoms with Gasteiger partial charge in [0.2, 0.25) is 0 Å². The molecule has 108 valence electrons. The Morgan fingerprint density at radius 1 is 1.05 bits per heavy atom. The van der Waals surface area contributed by atoms with Gasteiger partial charge in [0.15, 0.2) is 0 Å². The van der Waals surface area contributed by atoms with Gasteiger partial charge >= 0.3 is 11.9 Å². The molecule has 0 bridgehead atoms. The molecule has 2 aliphatic rings. The van der Waals surface area contributed by atoms with Crippen LogP contribution in [0.1, 0.15) is 44.7 Å². The van der Waals surface area contributed by atoms with Gasteiger partial charge in [-0.3, -0.25) is 0 Å². The van der Waals surface area contributed by atoms with Crippen molar-refractivity contribution in [2.75, 3.05) is 14.2 Å².